The van der Waals surface area contributed by atoms with E-state index in [4.69, 9.17) is 0 Å². The number of nitrogens with one attached hydrogen (secondary N) is 1. The lowest BCUT2D eigenvalue weighted by molar-refractivity contribution is 0.0929. The summed E-state index contributed by atoms with van der Waals surface area (Å²) in [6, 6.07) is 19.3. The van der Waals surface area contributed by atoms with Crippen molar-refractivity contribution in [2.75, 3.05) is 0 Å². The average molecular weight is 397 g/mol. The first-order chi connectivity index (χ1) is 14.7. The SMILES string of the molecule is O=C(NC1CCCCC1)c1cccn2c(=O)c3cc(-c4ccccc4)ccc3nc12. The van der Waals surface area contributed by atoms with Gasteiger partial charge in [-0.1, -0.05) is 55.7 Å². The zero-order valence-electron chi connectivity index (χ0n) is 16.7. The highest BCUT2D eigenvalue weighted by Crippen LogP contribution is 2.23. The molecule has 5 nitrogen and oxygen atoms in total. The molecule has 1 saturated carbocycles. The van der Waals surface area contributed by atoms with Gasteiger partial charge in [-0.15, -0.1) is 0 Å². The largest absolute Gasteiger partial charge is 0.349 e. The highest BCUT2D eigenvalue weighted by molar-refractivity contribution is 6.00. The van der Waals surface area contributed by atoms with Crippen LogP contribution in [0, 0.1) is 0 Å². The number of nitrogens with zero attached hydrogens (tertiary/aromatic N) is 2. The monoisotopic (exact) mass is 397 g/mol. The topological polar surface area (TPSA) is 63.5 Å². The number of hydrogen-bond donors (Lipinski definition) is 1. The summed E-state index contributed by atoms with van der Waals surface area (Å²) in [6.45, 7) is 0. The number of aromatic nitrogens is 2. The number of carbonyl (C=O) groups excluding carboxylic acids is 1. The smallest absolute Gasteiger partial charge is 0.265 e. The summed E-state index contributed by atoms with van der Waals surface area (Å²) in [4.78, 5) is 30.9. The normalized spacial score (nSPS) is 14.8. The highest BCUT2D eigenvalue weighted by atomic mass is 16.2. The minimum absolute atomic E-state index is 0.160. The Kier molecular flexibility index (Phi) is 4.79. The molecule has 4 aromatic rings. The second-order valence-electron chi connectivity index (χ2n) is 7.94. The molecule has 5 rings (SSSR count). The summed E-state index contributed by atoms with van der Waals surface area (Å²) in [7, 11) is 0. The lowest BCUT2D eigenvalue weighted by Crippen LogP contribution is -2.36. The van der Waals surface area contributed by atoms with E-state index in [1.165, 1.54) is 10.8 Å². The van der Waals surface area contributed by atoms with Gasteiger partial charge in [-0.2, -0.15) is 0 Å². The molecule has 5 heteroatoms. The number of rotatable bonds is 3. The van der Waals surface area contributed by atoms with Crippen LogP contribution in [0.1, 0.15) is 42.5 Å². The van der Waals surface area contributed by atoms with Gasteiger partial charge >= 0.3 is 0 Å². The lowest BCUT2D eigenvalue weighted by Gasteiger charge is -2.23. The molecule has 2 aromatic carbocycles. The number of benzene rings is 2. The number of pyridine rings is 1. The van der Waals surface area contributed by atoms with Crippen molar-refractivity contribution in [2.45, 2.75) is 38.1 Å². The molecule has 1 aliphatic carbocycles. The van der Waals surface area contributed by atoms with Crippen molar-refractivity contribution in [1.82, 2.24) is 14.7 Å². The van der Waals surface area contributed by atoms with Crippen molar-refractivity contribution in [3.63, 3.8) is 0 Å². The van der Waals surface area contributed by atoms with Crippen LogP contribution in [0.15, 0.2) is 71.7 Å². The predicted octanol–water partition coefficient (Wildman–Crippen LogP) is 4.58. The Bertz CT molecular complexity index is 1290. The van der Waals surface area contributed by atoms with Crippen LogP contribution in [0.25, 0.3) is 27.7 Å². The van der Waals surface area contributed by atoms with Crippen molar-refractivity contribution in [2.24, 2.45) is 0 Å². The van der Waals surface area contributed by atoms with E-state index in [1.807, 2.05) is 48.5 Å². The molecule has 0 saturated heterocycles. The van der Waals surface area contributed by atoms with Crippen molar-refractivity contribution in [3.05, 3.63) is 82.8 Å². The summed E-state index contributed by atoms with van der Waals surface area (Å²) in [5.74, 6) is -0.160. The maximum Gasteiger partial charge on any atom is 0.265 e. The van der Waals surface area contributed by atoms with E-state index in [0.29, 0.717) is 22.1 Å². The van der Waals surface area contributed by atoms with E-state index >= 15 is 0 Å². The fraction of sp³-hybridized carbons (Fsp3) is 0.240. The van der Waals surface area contributed by atoms with Gasteiger partial charge in [-0.25, -0.2) is 4.98 Å². The first-order valence-electron chi connectivity index (χ1n) is 10.5. The molecule has 0 spiro atoms. The third kappa shape index (κ3) is 3.36. The molecule has 2 aromatic heterocycles. The van der Waals surface area contributed by atoms with Gasteiger partial charge in [0.25, 0.3) is 11.5 Å². The maximum absolute atomic E-state index is 13.2. The minimum atomic E-state index is -0.167. The van der Waals surface area contributed by atoms with Gasteiger partial charge in [0.15, 0.2) is 5.65 Å². The minimum Gasteiger partial charge on any atom is -0.349 e. The Morgan fingerprint density at radius 2 is 1.73 bits per heavy atom. The van der Waals surface area contributed by atoms with Crippen LogP contribution < -0.4 is 10.9 Å². The van der Waals surface area contributed by atoms with E-state index in [1.54, 1.807) is 18.3 Å². The van der Waals surface area contributed by atoms with Crippen molar-refractivity contribution < 1.29 is 4.79 Å². The van der Waals surface area contributed by atoms with Crippen LogP contribution in [-0.4, -0.2) is 21.3 Å². The number of carbonyl (C=O) groups is 1. The van der Waals surface area contributed by atoms with Crippen LogP contribution in [0.4, 0.5) is 0 Å². The first-order valence-corrected chi connectivity index (χ1v) is 10.5. The molecule has 0 bridgehead atoms. The zero-order chi connectivity index (χ0) is 20.5. The van der Waals surface area contributed by atoms with Crippen LogP contribution in [0.3, 0.4) is 0 Å². The van der Waals surface area contributed by atoms with Crippen molar-refractivity contribution in [3.8, 4) is 11.1 Å². The molecule has 1 amide bonds. The van der Waals surface area contributed by atoms with Crippen LogP contribution in [0.2, 0.25) is 0 Å². The second-order valence-corrected chi connectivity index (χ2v) is 7.94. The quantitative estimate of drug-likeness (QED) is 0.515. The maximum atomic E-state index is 13.2. The predicted molar refractivity (Wildman–Crippen MR) is 119 cm³/mol. The van der Waals surface area contributed by atoms with Gasteiger partial charge in [-0.3, -0.25) is 14.0 Å². The summed E-state index contributed by atoms with van der Waals surface area (Å²) >= 11 is 0. The summed E-state index contributed by atoms with van der Waals surface area (Å²) in [5, 5.41) is 3.67. The lowest BCUT2D eigenvalue weighted by atomic mass is 9.95. The number of fused-ring (bicyclic) bond motifs is 2. The Morgan fingerprint density at radius 1 is 0.933 bits per heavy atom. The molecule has 30 heavy (non-hydrogen) atoms. The fourth-order valence-electron chi connectivity index (χ4n) is 4.32. The Labute approximate surface area is 174 Å². The average Bonchev–Trinajstić information content (AvgIpc) is 2.80. The van der Waals surface area contributed by atoms with Gasteiger partial charge in [0.05, 0.1) is 16.5 Å². The molecular formula is C25H23N3O2. The summed E-state index contributed by atoms with van der Waals surface area (Å²) in [6.07, 6.45) is 7.22. The van der Waals surface area contributed by atoms with E-state index < -0.39 is 0 Å². The van der Waals surface area contributed by atoms with Crippen molar-refractivity contribution >= 4 is 22.5 Å². The van der Waals surface area contributed by atoms with Gasteiger partial charge < -0.3 is 5.32 Å². The molecule has 0 unspecified atom stereocenters. The second kappa shape index (κ2) is 7.75. The summed E-state index contributed by atoms with van der Waals surface area (Å²) < 4.78 is 1.48. The van der Waals surface area contributed by atoms with Crippen LogP contribution >= 0.6 is 0 Å². The third-order valence-corrected chi connectivity index (χ3v) is 5.93. The van der Waals surface area contributed by atoms with E-state index in [0.717, 1.165) is 36.8 Å². The molecular weight excluding hydrogens is 374 g/mol. The molecule has 1 aliphatic rings. The van der Waals surface area contributed by atoms with Gasteiger partial charge in [0, 0.05) is 12.2 Å². The number of amides is 1. The molecule has 0 radical (unpaired) electrons. The standard InChI is InChI=1S/C25H23N3O2/c29-24(26-19-10-5-2-6-11-19)20-12-7-15-28-23(20)27-22-14-13-18(16-21(22)25(28)30)17-8-3-1-4-9-17/h1,3-4,7-9,12-16,19H,2,5-6,10-11H2,(H,26,29). The zero-order valence-corrected chi connectivity index (χ0v) is 16.7. The van der Waals surface area contributed by atoms with Crippen molar-refractivity contribution in [1.29, 1.82) is 0 Å². The van der Waals surface area contributed by atoms with E-state index in [-0.39, 0.29) is 17.5 Å². The molecule has 1 N–H and O–H groups in total. The van der Waals surface area contributed by atoms with Gasteiger partial charge in [-0.05, 0) is 48.2 Å². The molecule has 0 aliphatic heterocycles. The highest BCUT2D eigenvalue weighted by Gasteiger charge is 2.19. The molecule has 2 heterocycles. The fourth-order valence-corrected chi connectivity index (χ4v) is 4.32. The Balaban J connectivity index is 1.59. The first kappa shape index (κ1) is 18.6. The third-order valence-electron chi connectivity index (χ3n) is 5.93. The van der Waals surface area contributed by atoms with Crippen LogP contribution in [0.5, 0.6) is 0 Å². The molecule has 0 atom stereocenters. The Hall–Kier alpha value is -3.47. The van der Waals surface area contributed by atoms with Gasteiger partial charge in [0.1, 0.15) is 0 Å². The summed E-state index contributed by atoms with van der Waals surface area (Å²) in [5.41, 5.74) is 3.28. The van der Waals surface area contributed by atoms with E-state index in [9.17, 15) is 9.59 Å². The number of hydrogen-bond acceptors (Lipinski definition) is 3. The molecule has 150 valence electrons. The Morgan fingerprint density at radius 3 is 2.53 bits per heavy atom. The van der Waals surface area contributed by atoms with Gasteiger partial charge in [0.2, 0.25) is 0 Å². The van der Waals surface area contributed by atoms with E-state index in [2.05, 4.69) is 10.3 Å². The molecule has 1 fully saturated rings. The van der Waals surface area contributed by atoms with Crippen LogP contribution in [-0.2, 0) is 0 Å².